The van der Waals surface area contributed by atoms with Crippen molar-refractivity contribution in [3.8, 4) is 5.75 Å². The Bertz CT molecular complexity index is 610. The Morgan fingerprint density at radius 2 is 1.90 bits per heavy atom. The third-order valence-electron chi connectivity index (χ3n) is 3.25. The minimum atomic E-state index is 0.219. The van der Waals surface area contributed by atoms with Gasteiger partial charge in [-0.05, 0) is 36.8 Å². The Morgan fingerprint density at radius 1 is 1.14 bits per heavy atom. The molecule has 0 aromatic heterocycles. The summed E-state index contributed by atoms with van der Waals surface area (Å²) in [6.07, 6.45) is 0. The third-order valence-corrected chi connectivity index (χ3v) is 4.22. The zero-order valence-electron chi connectivity index (χ0n) is 12.0. The van der Waals surface area contributed by atoms with Crippen molar-refractivity contribution >= 4 is 22.6 Å². The predicted molar refractivity (Wildman–Crippen MR) is 90.3 cm³/mol. The summed E-state index contributed by atoms with van der Waals surface area (Å²) in [5, 5.41) is 4.35. The third kappa shape index (κ3) is 3.58. The number of rotatable bonds is 4. The van der Waals surface area contributed by atoms with Gasteiger partial charge in [0, 0.05) is 11.4 Å². The van der Waals surface area contributed by atoms with E-state index in [0.717, 1.165) is 22.4 Å². The number of nitrogens with zero attached hydrogens (tertiary/aromatic N) is 1. The van der Waals surface area contributed by atoms with E-state index in [0.29, 0.717) is 6.61 Å². The molecule has 1 heterocycles. The van der Waals surface area contributed by atoms with Crippen molar-refractivity contribution in [3.05, 3.63) is 60.2 Å². The molecule has 0 aliphatic carbocycles. The molecule has 108 valence electrons. The fourth-order valence-corrected chi connectivity index (χ4v) is 3.19. The van der Waals surface area contributed by atoms with Crippen molar-refractivity contribution in [2.24, 2.45) is 4.99 Å². The SMILES string of the molecule is CCOc1ccc(C2CSC(Nc3ccccc3)=N2)cc1. The summed E-state index contributed by atoms with van der Waals surface area (Å²) in [5.41, 5.74) is 2.31. The van der Waals surface area contributed by atoms with Crippen LogP contribution in [0.3, 0.4) is 0 Å². The molecule has 1 N–H and O–H groups in total. The number of amidine groups is 1. The van der Waals surface area contributed by atoms with Gasteiger partial charge < -0.3 is 10.1 Å². The molecule has 0 amide bonds. The molecule has 0 saturated heterocycles. The summed E-state index contributed by atoms with van der Waals surface area (Å²) in [6.45, 7) is 2.69. The molecule has 2 aromatic carbocycles. The largest absolute Gasteiger partial charge is 0.494 e. The van der Waals surface area contributed by atoms with Crippen LogP contribution in [-0.2, 0) is 0 Å². The lowest BCUT2D eigenvalue weighted by Gasteiger charge is -2.08. The Kier molecular flexibility index (Phi) is 4.46. The van der Waals surface area contributed by atoms with E-state index < -0.39 is 0 Å². The van der Waals surface area contributed by atoms with Crippen LogP contribution in [0.5, 0.6) is 5.75 Å². The molecule has 0 saturated carbocycles. The molecule has 3 nitrogen and oxygen atoms in total. The smallest absolute Gasteiger partial charge is 0.161 e. The van der Waals surface area contributed by atoms with Gasteiger partial charge >= 0.3 is 0 Å². The lowest BCUT2D eigenvalue weighted by atomic mass is 10.1. The highest BCUT2D eigenvalue weighted by Crippen LogP contribution is 2.31. The molecule has 1 aliphatic heterocycles. The highest BCUT2D eigenvalue weighted by Gasteiger charge is 2.20. The van der Waals surface area contributed by atoms with Crippen LogP contribution in [-0.4, -0.2) is 17.5 Å². The molecule has 0 bridgehead atoms. The van der Waals surface area contributed by atoms with Gasteiger partial charge in [-0.25, -0.2) is 0 Å². The van der Waals surface area contributed by atoms with Crippen LogP contribution in [0.2, 0.25) is 0 Å². The number of hydrogen-bond donors (Lipinski definition) is 1. The van der Waals surface area contributed by atoms with Gasteiger partial charge in [0.1, 0.15) is 5.75 Å². The summed E-state index contributed by atoms with van der Waals surface area (Å²) in [4.78, 5) is 4.76. The fourth-order valence-electron chi connectivity index (χ4n) is 2.21. The van der Waals surface area contributed by atoms with Crippen molar-refractivity contribution in [2.75, 3.05) is 17.7 Å². The van der Waals surface area contributed by atoms with Crippen LogP contribution < -0.4 is 10.1 Å². The Morgan fingerprint density at radius 3 is 2.62 bits per heavy atom. The lowest BCUT2D eigenvalue weighted by molar-refractivity contribution is 0.340. The van der Waals surface area contributed by atoms with E-state index >= 15 is 0 Å². The van der Waals surface area contributed by atoms with Gasteiger partial charge in [0.05, 0.1) is 12.6 Å². The van der Waals surface area contributed by atoms with Crippen molar-refractivity contribution in [3.63, 3.8) is 0 Å². The molecule has 1 aliphatic rings. The zero-order valence-corrected chi connectivity index (χ0v) is 12.8. The first-order chi connectivity index (χ1) is 10.3. The number of para-hydroxylation sites is 1. The van der Waals surface area contributed by atoms with Crippen LogP contribution in [0.15, 0.2) is 59.6 Å². The van der Waals surface area contributed by atoms with Gasteiger partial charge in [0.25, 0.3) is 0 Å². The maximum Gasteiger partial charge on any atom is 0.161 e. The van der Waals surface area contributed by atoms with Crippen LogP contribution >= 0.6 is 11.8 Å². The minimum Gasteiger partial charge on any atom is -0.494 e. The number of hydrogen-bond acceptors (Lipinski definition) is 4. The standard InChI is InChI=1S/C17H18N2OS/c1-2-20-15-10-8-13(9-11-15)16-12-21-17(19-16)18-14-6-4-3-5-7-14/h3-11,16H,2,12H2,1H3,(H,18,19). The molecule has 21 heavy (non-hydrogen) atoms. The molecule has 1 atom stereocenters. The van der Waals surface area contributed by atoms with Crippen molar-refractivity contribution < 1.29 is 4.74 Å². The normalized spacial score (nSPS) is 17.4. The minimum absolute atomic E-state index is 0.219. The molecule has 3 rings (SSSR count). The predicted octanol–water partition coefficient (Wildman–Crippen LogP) is 4.34. The number of nitrogens with one attached hydrogen (secondary N) is 1. The Labute approximate surface area is 129 Å². The van der Waals surface area contributed by atoms with E-state index in [4.69, 9.17) is 9.73 Å². The molecular weight excluding hydrogens is 280 g/mol. The molecule has 4 heteroatoms. The quantitative estimate of drug-likeness (QED) is 0.911. The maximum atomic E-state index is 5.47. The summed E-state index contributed by atoms with van der Waals surface area (Å²) in [6, 6.07) is 18.6. The number of anilines is 1. The first kappa shape index (κ1) is 14.0. The maximum absolute atomic E-state index is 5.47. The average molecular weight is 298 g/mol. The van der Waals surface area contributed by atoms with Gasteiger partial charge in [-0.3, -0.25) is 4.99 Å². The van der Waals surface area contributed by atoms with E-state index in [1.54, 1.807) is 11.8 Å². The van der Waals surface area contributed by atoms with Gasteiger partial charge in [0.2, 0.25) is 0 Å². The molecule has 0 fully saturated rings. The fraction of sp³-hybridized carbons (Fsp3) is 0.235. The highest BCUT2D eigenvalue weighted by atomic mass is 32.2. The Hall–Kier alpha value is -1.94. The number of thioether (sulfide) groups is 1. The number of benzene rings is 2. The van der Waals surface area contributed by atoms with Crippen LogP contribution in [0.4, 0.5) is 5.69 Å². The topological polar surface area (TPSA) is 33.6 Å². The summed E-state index contributed by atoms with van der Waals surface area (Å²) >= 11 is 1.76. The van der Waals surface area contributed by atoms with Crippen molar-refractivity contribution in [2.45, 2.75) is 13.0 Å². The molecule has 2 aromatic rings. The van der Waals surface area contributed by atoms with Crippen molar-refractivity contribution in [1.29, 1.82) is 0 Å². The van der Waals surface area contributed by atoms with Gasteiger partial charge in [0.15, 0.2) is 5.17 Å². The monoisotopic (exact) mass is 298 g/mol. The zero-order chi connectivity index (χ0) is 14.5. The van der Waals surface area contributed by atoms with Crippen LogP contribution in [0.25, 0.3) is 0 Å². The summed E-state index contributed by atoms with van der Waals surface area (Å²) in [5.74, 6) is 1.89. The van der Waals surface area contributed by atoms with E-state index in [-0.39, 0.29) is 6.04 Å². The van der Waals surface area contributed by atoms with Crippen LogP contribution in [0, 0.1) is 0 Å². The van der Waals surface area contributed by atoms with Gasteiger partial charge in [-0.2, -0.15) is 0 Å². The van der Waals surface area contributed by atoms with E-state index in [1.165, 1.54) is 5.56 Å². The molecule has 0 spiro atoms. The van der Waals surface area contributed by atoms with Crippen LogP contribution in [0.1, 0.15) is 18.5 Å². The van der Waals surface area contributed by atoms with E-state index in [9.17, 15) is 0 Å². The number of ether oxygens (including phenoxy) is 1. The second-order valence-electron chi connectivity index (χ2n) is 4.75. The van der Waals surface area contributed by atoms with E-state index in [1.807, 2.05) is 49.4 Å². The molecular formula is C17H18N2OS. The van der Waals surface area contributed by atoms with Crippen molar-refractivity contribution in [1.82, 2.24) is 0 Å². The second kappa shape index (κ2) is 6.68. The molecule has 1 unspecified atom stereocenters. The lowest BCUT2D eigenvalue weighted by Crippen LogP contribution is -2.04. The first-order valence-corrected chi connectivity index (χ1v) is 8.09. The summed E-state index contributed by atoms with van der Waals surface area (Å²) in [7, 11) is 0. The molecule has 0 radical (unpaired) electrons. The number of aliphatic imine (C=N–C) groups is 1. The Balaban J connectivity index is 1.67. The highest BCUT2D eigenvalue weighted by molar-refractivity contribution is 8.14. The second-order valence-corrected chi connectivity index (χ2v) is 5.76. The van der Waals surface area contributed by atoms with Gasteiger partial charge in [-0.1, -0.05) is 42.1 Å². The average Bonchev–Trinajstić information content (AvgIpc) is 2.98. The van der Waals surface area contributed by atoms with Gasteiger partial charge in [-0.15, -0.1) is 0 Å². The van der Waals surface area contributed by atoms with E-state index in [2.05, 4.69) is 17.4 Å². The first-order valence-electron chi connectivity index (χ1n) is 7.10. The summed E-state index contributed by atoms with van der Waals surface area (Å²) < 4.78 is 5.47.